The van der Waals surface area contributed by atoms with Crippen LogP contribution in [-0.2, 0) is 11.0 Å². The summed E-state index contributed by atoms with van der Waals surface area (Å²) in [5.41, 5.74) is 2.35. The van der Waals surface area contributed by atoms with E-state index in [0.717, 1.165) is 44.1 Å². The highest BCUT2D eigenvalue weighted by atomic mass is 31.2. The van der Waals surface area contributed by atoms with E-state index in [1.807, 2.05) is 6.07 Å². The third kappa shape index (κ3) is 2.88. The van der Waals surface area contributed by atoms with Crippen LogP contribution in [-0.4, -0.2) is 28.1 Å². The van der Waals surface area contributed by atoms with Gasteiger partial charge in [-0.25, -0.2) is 4.57 Å². The Bertz CT molecular complexity index is 759. The lowest BCUT2D eigenvalue weighted by molar-refractivity contribution is -0.0226. The SMILES string of the molecule is COc1cc2c(cc1OP(=O)(O)O)CC[C@@H]1[C@@H]2CC[C@]2(C)[C@@H](O)CC[C@@H]12. The third-order valence-electron chi connectivity index (χ3n) is 7.18. The van der Waals surface area contributed by atoms with Gasteiger partial charge in [0.25, 0.3) is 0 Å². The number of hydrogen-bond donors (Lipinski definition) is 3. The summed E-state index contributed by atoms with van der Waals surface area (Å²) in [6.07, 6.45) is 5.75. The van der Waals surface area contributed by atoms with Crippen molar-refractivity contribution in [3.05, 3.63) is 23.3 Å². The molecule has 4 rings (SSSR count). The second-order valence-corrected chi connectivity index (χ2v) is 9.50. The number of fused-ring (bicyclic) bond motifs is 5. The first kappa shape index (κ1) is 18.3. The van der Waals surface area contributed by atoms with Crippen molar-refractivity contribution in [1.29, 1.82) is 0 Å². The normalized spacial score (nSPS) is 36.0. The number of rotatable bonds is 3. The first-order chi connectivity index (χ1) is 12.2. The molecule has 7 heteroatoms. The van der Waals surface area contributed by atoms with Crippen LogP contribution in [0, 0.1) is 17.3 Å². The summed E-state index contributed by atoms with van der Waals surface area (Å²) >= 11 is 0. The molecule has 0 spiro atoms. The van der Waals surface area contributed by atoms with Crippen LogP contribution in [0.2, 0.25) is 0 Å². The largest absolute Gasteiger partial charge is 0.524 e. The Morgan fingerprint density at radius 3 is 2.62 bits per heavy atom. The standard InChI is InChI=1S/C19H27O6P/c1-19-8-7-12-13(15(19)5-6-18(19)20)4-3-11-9-17(25-26(21,22)23)16(24-2)10-14(11)12/h9-10,12-13,15,18,20H,3-8H2,1-2H3,(H2,21,22,23)/t12-,13+,15-,18-,19-/m0/s1. The molecule has 3 N–H and O–H groups in total. The lowest BCUT2D eigenvalue weighted by atomic mass is 9.55. The van der Waals surface area contributed by atoms with Crippen molar-refractivity contribution in [2.24, 2.45) is 17.3 Å². The zero-order valence-electron chi connectivity index (χ0n) is 15.2. The smallest absolute Gasteiger partial charge is 0.493 e. The number of benzene rings is 1. The zero-order chi connectivity index (χ0) is 18.7. The summed E-state index contributed by atoms with van der Waals surface area (Å²) in [4.78, 5) is 18.3. The van der Waals surface area contributed by atoms with Gasteiger partial charge in [-0.05, 0) is 85.0 Å². The summed E-state index contributed by atoms with van der Waals surface area (Å²) in [5, 5.41) is 10.5. The Labute approximate surface area is 153 Å². The van der Waals surface area contributed by atoms with Crippen molar-refractivity contribution < 1.29 is 28.7 Å². The number of phosphoric ester groups is 1. The lowest BCUT2D eigenvalue weighted by Gasteiger charge is -2.50. The van der Waals surface area contributed by atoms with Crippen LogP contribution in [0.3, 0.4) is 0 Å². The molecule has 1 aromatic carbocycles. The van der Waals surface area contributed by atoms with E-state index in [4.69, 9.17) is 19.0 Å². The van der Waals surface area contributed by atoms with Gasteiger partial charge in [0.15, 0.2) is 11.5 Å². The molecule has 0 aromatic heterocycles. The minimum atomic E-state index is -4.63. The molecular weight excluding hydrogens is 355 g/mol. The second-order valence-electron chi connectivity index (χ2n) is 8.34. The topological polar surface area (TPSA) is 96.2 Å². The molecule has 2 fully saturated rings. The van der Waals surface area contributed by atoms with Gasteiger partial charge in [-0.3, -0.25) is 9.79 Å². The van der Waals surface area contributed by atoms with E-state index in [1.54, 1.807) is 6.07 Å². The van der Waals surface area contributed by atoms with Crippen molar-refractivity contribution >= 4 is 7.82 Å². The van der Waals surface area contributed by atoms with Crippen LogP contribution in [0.5, 0.6) is 11.5 Å². The molecule has 0 saturated heterocycles. The van der Waals surface area contributed by atoms with Crippen LogP contribution in [0.15, 0.2) is 12.1 Å². The van der Waals surface area contributed by atoms with Crippen LogP contribution in [0.25, 0.3) is 0 Å². The van der Waals surface area contributed by atoms with Crippen molar-refractivity contribution in [2.75, 3.05) is 7.11 Å². The van der Waals surface area contributed by atoms with E-state index in [1.165, 1.54) is 12.7 Å². The van der Waals surface area contributed by atoms with Crippen molar-refractivity contribution in [3.63, 3.8) is 0 Å². The van der Waals surface area contributed by atoms with E-state index < -0.39 is 7.82 Å². The van der Waals surface area contributed by atoms with E-state index in [0.29, 0.717) is 23.5 Å². The summed E-state index contributed by atoms with van der Waals surface area (Å²) in [7, 11) is -3.15. The Kier molecular flexibility index (Phi) is 4.39. The molecule has 1 aromatic rings. The predicted molar refractivity (Wildman–Crippen MR) is 96.3 cm³/mol. The Balaban J connectivity index is 1.69. The monoisotopic (exact) mass is 382 g/mol. The highest BCUT2D eigenvalue weighted by Gasteiger charge is 2.54. The minimum Gasteiger partial charge on any atom is -0.493 e. The predicted octanol–water partition coefficient (Wildman–Crippen LogP) is 3.38. The van der Waals surface area contributed by atoms with Crippen molar-refractivity contribution in [2.45, 2.75) is 57.5 Å². The molecule has 5 atom stereocenters. The average Bonchev–Trinajstić information content (AvgIpc) is 2.88. The van der Waals surface area contributed by atoms with Gasteiger partial charge in [0, 0.05) is 0 Å². The molecule has 0 aliphatic heterocycles. The quantitative estimate of drug-likeness (QED) is 0.694. The number of phosphoric acid groups is 1. The molecule has 3 aliphatic rings. The summed E-state index contributed by atoms with van der Waals surface area (Å²) < 4.78 is 21.4. The van der Waals surface area contributed by atoms with Crippen LogP contribution >= 0.6 is 7.82 Å². The summed E-state index contributed by atoms with van der Waals surface area (Å²) in [5.74, 6) is 1.99. The molecule has 0 radical (unpaired) electrons. The number of aryl methyl sites for hydroxylation is 1. The minimum absolute atomic E-state index is 0.0340. The van der Waals surface area contributed by atoms with E-state index in [-0.39, 0.29) is 17.3 Å². The highest BCUT2D eigenvalue weighted by molar-refractivity contribution is 7.46. The van der Waals surface area contributed by atoms with Crippen LogP contribution < -0.4 is 9.26 Å². The van der Waals surface area contributed by atoms with E-state index in [9.17, 15) is 9.67 Å². The van der Waals surface area contributed by atoms with E-state index in [2.05, 4.69) is 6.92 Å². The number of aliphatic hydroxyl groups is 1. The third-order valence-corrected chi connectivity index (χ3v) is 7.61. The van der Waals surface area contributed by atoms with Crippen LogP contribution in [0.4, 0.5) is 0 Å². The summed E-state index contributed by atoms with van der Waals surface area (Å²) in [6, 6.07) is 3.64. The lowest BCUT2D eigenvalue weighted by Crippen LogP contribution is -2.43. The number of ether oxygens (including phenoxy) is 1. The molecule has 0 amide bonds. The molecule has 3 aliphatic carbocycles. The molecule has 0 unspecified atom stereocenters. The molecule has 0 heterocycles. The maximum atomic E-state index is 11.2. The fourth-order valence-corrected chi connectivity index (χ4v) is 6.31. The molecular formula is C19H27O6P. The van der Waals surface area contributed by atoms with Gasteiger partial charge in [-0.1, -0.05) is 6.92 Å². The molecule has 26 heavy (non-hydrogen) atoms. The zero-order valence-corrected chi connectivity index (χ0v) is 16.1. The van der Waals surface area contributed by atoms with Gasteiger partial charge < -0.3 is 14.4 Å². The van der Waals surface area contributed by atoms with Crippen molar-refractivity contribution in [3.8, 4) is 11.5 Å². The van der Waals surface area contributed by atoms with Gasteiger partial charge in [-0.15, -0.1) is 0 Å². The first-order valence-corrected chi connectivity index (χ1v) is 10.9. The van der Waals surface area contributed by atoms with Gasteiger partial charge in [0.05, 0.1) is 13.2 Å². The van der Waals surface area contributed by atoms with Crippen LogP contribution in [0.1, 0.15) is 56.1 Å². The number of aliphatic hydroxyl groups excluding tert-OH is 1. The Morgan fingerprint density at radius 2 is 1.92 bits per heavy atom. The maximum Gasteiger partial charge on any atom is 0.524 e. The number of methoxy groups -OCH3 is 1. The highest BCUT2D eigenvalue weighted by Crippen LogP contribution is 2.61. The maximum absolute atomic E-state index is 11.2. The van der Waals surface area contributed by atoms with Gasteiger partial charge in [-0.2, -0.15) is 0 Å². The molecule has 6 nitrogen and oxygen atoms in total. The van der Waals surface area contributed by atoms with E-state index >= 15 is 0 Å². The molecule has 0 bridgehead atoms. The fourth-order valence-electron chi connectivity index (χ4n) is 5.91. The average molecular weight is 382 g/mol. The van der Waals surface area contributed by atoms with Crippen molar-refractivity contribution in [1.82, 2.24) is 0 Å². The number of hydrogen-bond acceptors (Lipinski definition) is 4. The van der Waals surface area contributed by atoms with Gasteiger partial charge >= 0.3 is 7.82 Å². The first-order valence-electron chi connectivity index (χ1n) is 9.37. The Hall–Kier alpha value is -1.07. The molecule has 144 valence electrons. The summed E-state index contributed by atoms with van der Waals surface area (Å²) in [6.45, 7) is 2.25. The fraction of sp³-hybridized carbons (Fsp3) is 0.684. The Morgan fingerprint density at radius 1 is 1.15 bits per heavy atom. The van der Waals surface area contributed by atoms with Gasteiger partial charge in [0.2, 0.25) is 0 Å². The molecule has 2 saturated carbocycles. The van der Waals surface area contributed by atoms with Gasteiger partial charge in [0.1, 0.15) is 0 Å². The second kappa shape index (κ2) is 6.23.